The summed E-state index contributed by atoms with van der Waals surface area (Å²) in [6.07, 6.45) is 10.8. The number of terminal acetylenes is 1. The second-order valence-corrected chi connectivity index (χ2v) is 8.03. The summed E-state index contributed by atoms with van der Waals surface area (Å²) >= 11 is 0. The second-order valence-electron chi connectivity index (χ2n) is 6.26. The first-order chi connectivity index (χ1) is 12.5. The van der Waals surface area contributed by atoms with Gasteiger partial charge in [0.05, 0.1) is 17.5 Å². The van der Waals surface area contributed by atoms with E-state index in [1.165, 1.54) is 30.7 Å². The highest BCUT2D eigenvalue weighted by atomic mass is 32.2. The van der Waals surface area contributed by atoms with Crippen LogP contribution in [0.3, 0.4) is 0 Å². The lowest BCUT2D eigenvalue weighted by Gasteiger charge is -2.33. The summed E-state index contributed by atoms with van der Waals surface area (Å²) in [5, 5.41) is 8.49. The molecule has 0 heterocycles. The summed E-state index contributed by atoms with van der Waals surface area (Å²) < 4.78 is 26.6. The molecule has 1 fully saturated rings. The van der Waals surface area contributed by atoms with Crippen molar-refractivity contribution in [1.29, 1.82) is 5.26 Å². The van der Waals surface area contributed by atoms with E-state index in [4.69, 9.17) is 11.7 Å². The van der Waals surface area contributed by atoms with Gasteiger partial charge in [-0.25, -0.2) is 13.1 Å². The van der Waals surface area contributed by atoms with Gasteiger partial charge in [0.1, 0.15) is 0 Å². The molecule has 6 nitrogen and oxygen atoms in total. The standard InChI is InChI=1S/C19H23N3O3S/c1-2-15-22(17-7-4-3-5-8-17)19(23)16-9-11-18(12-10-16)26(24,25)21-14-6-13-20/h1,9-12,17,21H,3-8,14-15H2. The Morgan fingerprint density at radius 2 is 1.88 bits per heavy atom. The molecule has 7 heteroatoms. The van der Waals surface area contributed by atoms with Crippen molar-refractivity contribution in [1.82, 2.24) is 9.62 Å². The fourth-order valence-corrected chi connectivity index (χ4v) is 4.16. The normalized spacial score (nSPS) is 15.0. The molecule has 0 radical (unpaired) electrons. The van der Waals surface area contributed by atoms with Crippen LogP contribution in [0.25, 0.3) is 0 Å². The molecule has 2 rings (SSSR count). The van der Waals surface area contributed by atoms with Crippen LogP contribution in [-0.2, 0) is 10.0 Å². The minimum atomic E-state index is -3.68. The number of nitriles is 1. The molecule has 1 aliphatic rings. The molecule has 1 amide bonds. The zero-order chi connectivity index (χ0) is 19.0. The number of hydrogen-bond acceptors (Lipinski definition) is 4. The van der Waals surface area contributed by atoms with Gasteiger partial charge in [-0.3, -0.25) is 4.79 Å². The number of carbonyl (C=O) groups excluding carboxylic acids is 1. The van der Waals surface area contributed by atoms with Gasteiger partial charge in [-0.15, -0.1) is 6.42 Å². The molecule has 1 aliphatic carbocycles. The first-order valence-corrected chi connectivity index (χ1v) is 10.2. The van der Waals surface area contributed by atoms with Crippen LogP contribution in [0.5, 0.6) is 0 Å². The van der Waals surface area contributed by atoms with Gasteiger partial charge in [-0.2, -0.15) is 5.26 Å². The number of hydrogen-bond donors (Lipinski definition) is 1. The average Bonchev–Trinajstić information content (AvgIpc) is 2.66. The van der Waals surface area contributed by atoms with Crippen LogP contribution in [0.1, 0.15) is 48.9 Å². The monoisotopic (exact) mass is 373 g/mol. The van der Waals surface area contributed by atoms with Crippen molar-refractivity contribution in [2.75, 3.05) is 13.1 Å². The molecular formula is C19H23N3O3S. The molecule has 1 saturated carbocycles. The molecule has 26 heavy (non-hydrogen) atoms. The van der Waals surface area contributed by atoms with Gasteiger partial charge in [0.15, 0.2) is 0 Å². The van der Waals surface area contributed by atoms with Crippen molar-refractivity contribution in [3.8, 4) is 18.4 Å². The van der Waals surface area contributed by atoms with Crippen molar-refractivity contribution < 1.29 is 13.2 Å². The van der Waals surface area contributed by atoms with Crippen molar-refractivity contribution in [3.05, 3.63) is 29.8 Å². The minimum Gasteiger partial charge on any atom is -0.325 e. The largest absolute Gasteiger partial charge is 0.325 e. The number of sulfonamides is 1. The Hall–Kier alpha value is -2.35. The summed E-state index contributed by atoms with van der Waals surface area (Å²) in [7, 11) is -3.68. The van der Waals surface area contributed by atoms with E-state index < -0.39 is 10.0 Å². The molecule has 0 bridgehead atoms. The molecule has 138 valence electrons. The highest BCUT2D eigenvalue weighted by Gasteiger charge is 2.26. The number of rotatable bonds is 7. The molecular weight excluding hydrogens is 350 g/mol. The molecule has 0 aromatic heterocycles. The molecule has 0 aliphatic heterocycles. The van der Waals surface area contributed by atoms with Crippen molar-refractivity contribution in [2.45, 2.75) is 49.5 Å². The molecule has 0 spiro atoms. The van der Waals surface area contributed by atoms with Crippen LogP contribution in [0.4, 0.5) is 0 Å². The Balaban J connectivity index is 2.13. The predicted molar refractivity (Wildman–Crippen MR) is 98.6 cm³/mol. The molecule has 0 atom stereocenters. The van der Waals surface area contributed by atoms with Crippen molar-refractivity contribution in [3.63, 3.8) is 0 Å². The lowest BCUT2D eigenvalue weighted by atomic mass is 9.93. The van der Waals surface area contributed by atoms with Crippen LogP contribution < -0.4 is 4.72 Å². The number of carbonyl (C=O) groups is 1. The topological polar surface area (TPSA) is 90.3 Å². The summed E-state index contributed by atoms with van der Waals surface area (Å²) in [6, 6.07) is 7.83. The van der Waals surface area contributed by atoms with Crippen LogP contribution in [0, 0.1) is 23.7 Å². The van der Waals surface area contributed by atoms with Gasteiger partial charge >= 0.3 is 0 Å². The molecule has 0 unspecified atom stereocenters. The van der Waals surface area contributed by atoms with E-state index in [9.17, 15) is 13.2 Å². The average molecular weight is 373 g/mol. The number of amides is 1. The third-order valence-corrected chi connectivity index (χ3v) is 5.96. The fraction of sp³-hybridized carbons (Fsp3) is 0.474. The molecule has 1 N–H and O–H groups in total. The Morgan fingerprint density at radius 3 is 2.46 bits per heavy atom. The molecule has 1 aromatic rings. The summed E-state index contributed by atoms with van der Waals surface area (Å²) in [5.74, 6) is 2.38. The van der Waals surface area contributed by atoms with Gasteiger partial charge in [-0.05, 0) is 37.1 Å². The van der Waals surface area contributed by atoms with E-state index >= 15 is 0 Å². The Kier molecular flexibility index (Phi) is 7.20. The zero-order valence-corrected chi connectivity index (χ0v) is 15.5. The van der Waals surface area contributed by atoms with E-state index in [0.29, 0.717) is 5.56 Å². The maximum Gasteiger partial charge on any atom is 0.254 e. The van der Waals surface area contributed by atoms with Crippen molar-refractivity contribution in [2.24, 2.45) is 0 Å². The van der Waals surface area contributed by atoms with Gasteiger partial charge in [0, 0.05) is 24.6 Å². The SMILES string of the molecule is C#CCN(C(=O)c1ccc(S(=O)(=O)NCCC#N)cc1)C1CCCCC1. The number of nitrogens with zero attached hydrogens (tertiary/aromatic N) is 2. The van der Waals surface area contributed by atoms with E-state index in [2.05, 4.69) is 10.6 Å². The maximum atomic E-state index is 12.8. The second kappa shape index (κ2) is 9.38. The highest BCUT2D eigenvalue weighted by Crippen LogP contribution is 2.24. The minimum absolute atomic E-state index is 0.0527. The van der Waals surface area contributed by atoms with Crippen LogP contribution in [0.15, 0.2) is 29.2 Å². The van der Waals surface area contributed by atoms with Crippen LogP contribution >= 0.6 is 0 Å². The Labute approximate surface area is 155 Å². The number of benzene rings is 1. The predicted octanol–water partition coefficient (Wildman–Crippen LogP) is 2.29. The first-order valence-electron chi connectivity index (χ1n) is 8.70. The third-order valence-electron chi connectivity index (χ3n) is 4.48. The van der Waals surface area contributed by atoms with Gasteiger partial charge < -0.3 is 4.90 Å². The van der Waals surface area contributed by atoms with Gasteiger partial charge in [0.25, 0.3) is 5.91 Å². The quantitative estimate of drug-likeness (QED) is 0.586. The summed E-state index contributed by atoms with van der Waals surface area (Å²) in [4.78, 5) is 14.6. The maximum absolute atomic E-state index is 12.8. The van der Waals surface area contributed by atoms with Crippen LogP contribution in [-0.4, -0.2) is 38.4 Å². The van der Waals surface area contributed by atoms with E-state index in [0.717, 1.165) is 25.7 Å². The zero-order valence-electron chi connectivity index (χ0n) is 14.6. The molecule has 1 aromatic carbocycles. The van der Waals surface area contributed by atoms with Gasteiger partial charge in [0.2, 0.25) is 10.0 Å². The fourth-order valence-electron chi connectivity index (χ4n) is 3.12. The summed E-state index contributed by atoms with van der Waals surface area (Å²) in [5.41, 5.74) is 0.418. The lowest BCUT2D eigenvalue weighted by Crippen LogP contribution is -2.41. The Morgan fingerprint density at radius 1 is 1.23 bits per heavy atom. The van der Waals surface area contributed by atoms with Crippen LogP contribution in [0.2, 0.25) is 0 Å². The van der Waals surface area contributed by atoms with E-state index in [1.807, 2.05) is 6.07 Å². The van der Waals surface area contributed by atoms with E-state index in [-0.39, 0.29) is 36.4 Å². The Bertz CT molecular complexity index is 798. The van der Waals surface area contributed by atoms with Crippen molar-refractivity contribution >= 4 is 15.9 Å². The van der Waals surface area contributed by atoms with Gasteiger partial charge in [-0.1, -0.05) is 25.2 Å². The number of nitrogens with one attached hydrogen (secondary N) is 1. The molecule has 0 saturated heterocycles. The smallest absolute Gasteiger partial charge is 0.254 e. The highest BCUT2D eigenvalue weighted by molar-refractivity contribution is 7.89. The third kappa shape index (κ3) is 5.08. The lowest BCUT2D eigenvalue weighted by molar-refractivity contribution is 0.0667. The first kappa shape index (κ1) is 20.0. The van der Waals surface area contributed by atoms with E-state index in [1.54, 1.807) is 4.90 Å². The summed E-state index contributed by atoms with van der Waals surface area (Å²) in [6.45, 7) is 0.302.